The molecule has 1 fully saturated rings. The fourth-order valence-corrected chi connectivity index (χ4v) is 6.62. The Balaban J connectivity index is 1.48. The Morgan fingerprint density at radius 3 is 2.53 bits per heavy atom. The van der Waals surface area contributed by atoms with Crippen LogP contribution in [0.2, 0.25) is 0 Å². The first-order valence-electron chi connectivity index (χ1n) is 9.72. The molecule has 0 aliphatic heterocycles. The number of nitrogens with zero attached hydrogens (tertiary/aromatic N) is 2. The first-order valence-corrected chi connectivity index (χ1v) is 13.2. The average Bonchev–Trinajstić information content (AvgIpc) is 3.42. The van der Waals surface area contributed by atoms with Crippen LogP contribution in [0.4, 0.5) is 5.69 Å². The number of aromatic nitrogens is 1. The Labute approximate surface area is 184 Å². The summed E-state index contributed by atoms with van der Waals surface area (Å²) in [5, 5.41) is 2.88. The van der Waals surface area contributed by atoms with Gasteiger partial charge in [0, 0.05) is 24.3 Å². The number of benzene rings is 2. The maximum atomic E-state index is 12.9. The Bertz CT molecular complexity index is 1170. The van der Waals surface area contributed by atoms with E-state index in [4.69, 9.17) is 0 Å². The lowest BCUT2D eigenvalue weighted by atomic mass is 10.2. The molecule has 6 nitrogen and oxygen atoms in total. The van der Waals surface area contributed by atoms with Crippen molar-refractivity contribution in [1.29, 1.82) is 0 Å². The van der Waals surface area contributed by atoms with Crippen molar-refractivity contribution < 1.29 is 13.2 Å². The quantitative estimate of drug-likeness (QED) is 0.532. The smallest absolute Gasteiger partial charge is 0.255 e. The second-order valence-electron chi connectivity index (χ2n) is 7.30. The van der Waals surface area contributed by atoms with E-state index in [1.54, 1.807) is 42.3 Å². The van der Waals surface area contributed by atoms with Crippen molar-refractivity contribution in [2.75, 3.05) is 18.6 Å². The second kappa shape index (κ2) is 8.66. The number of carbonyl (C=O) groups excluding carboxylic acids is 1. The largest absolute Gasteiger partial charge is 0.322 e. The molecule has 1 heterocycles. The minimum Gasteiger partial charge on any atom is -0.322 e. The number of thiazole rings is 1. The second-order valence-corrected chi connectivity index (χ2v) is 11.4. The number of hydrogen-bond donors (Lipinski definition) is 1. The van der Waals surface area contributed by atoms with E-state index in [1.165, 1.54) is 16.4 Å². The summed E-state index contributed by atoms with van der Waals surface area (Å²) in [7, 11) is -1.91. The number of fused-ring (bicyclic) bond motifs is 1. The fraction of sp³-hybridized carbons (Fsp3) is 0.333. The molecule has 0 atom stereocenters. The van der Waals surface area contributed by atoms with Gasteiger partial charge in [0.25, 0.3) is 5.91 Å². The van der Waals surface area contributed by atoms with Crippen molar-refractivity contribution in [3.63, 3.8) is 0 Å². The van der Waals surface area contributed by atoms with E-state index in [2.05, 4.69) is 10.3 Å². The summed E-state index contributed by atoms with van der Waals surface area (Å²) in [6.07, 6.45) is 5.92. The third-order valence-electron chi connectivity index (χ3n) is 5.43. The van der Waals surface area contributed by atoms with Crippen molar-refractivity contribution >= 4 is 54.9 Å². The van der Waals surface area contributed by atoms with Gasteiger partial charge in [-0.2, -0.15) is 4.31 Å². The van der Waals surface area contributed by atoms with Gasteiger partial charge in [0.05, 0.1) is 15.1 Å². The molecule has 1 aromatic heterocycles. The molecule has 1 saturated carbocycles. The molecule has 158 valence electrons. The van der Waals surface area contributed by atoms with Crippen LogP contribution in [-0.4, -0.2) is 43.0 Å². The summed E-state index contributed by atoms with van der Waals surface area (Å²) in [6.45, 7) is 0. The summed E-state index contributed by atoms with van der Waals surface area (Å²) >= 11 is 3.17. The molecule has 1 N–H and O–H groups in total. The van der Waals surface area contributed by atoms with Crippen LogP contribution in [0.15, 0.2) is 51.7 Å². The van der Waals surface area contributed by atoms with Crippen molar-refractivity contribution in [3.05, 3.63) is 48.0 Å². The Morgan fingerprint density at radius 2 is 1.87 bits per heavy atom. The summed E-state index contributed by atoms with van der Waals surface area (Å²) in [4.78, 5) is 17.3. The number of thioether (sulfide) groups is 1. The lowest BCUT2D eigenvalue weighted by molar-refractivity contribution is 0.102. The van der Waals surface area contributed by atoms with Gasteiger partial charge in [-0.15, -0.1) is 11.3 Å². The molecule has 1 aliphatic carbocycles. The number of anilines is 1. The molecule has 1 amide bonds. The average molecular weight is 462 g/mol. The molecule has 3 aromatic rings. The lowest BCUT2D eigenvalue weighted by Gasteiger charge is -2.23. The first kappa shape index (κ1) is 21.3. The van der Waals surface area contributed by atoms with E-state index in [0.717, 1.165) is 40.2 Å². The van der Waals surface area contributed by atoms with Crippen molar-refractivity contribution in [2.24, 2.45) is 0 Å². The maximum absolute atomic E-state index is 12.9. The lowest BCUT2D eigenvalue weighted by Crippen LogP contribution is -2.35. The molecule has 4 rings (SSSR count). The molecule has 30 heavy (non-hydrogen) atoms. The zero-order chi connectivity index (χ0) is 21.3. The Morgan fingerprint density at radius 1 is 1.17 bits per heavy atom. The van der Waals surface area contributed by atoms with Crippen LogP contribution in [0.5, 0.6) is 0 Å². The molecule has 9 heteroatoms. The van der Waals surface area contributed by atoms with Crippen LogP contribution in [0.3, 0.4) is 0 Å². The zero-order valence-corrected chi connectivity index (χ0v) is 19.2. The fourth-order valence-electron chi connectivity index (χ4n) is 3.68. The molecule has 1 aliphatic rings. The van der Waals surface area contributed by atoms with Gasteiger partial charge < -0.3 is 5.32 Å². The molecule has 0 spiro atoms. The SMILES string of the molecule is CSc1nc2ccc(NC(=O)c3ccc(S(=O)(=O)N(C)C4CCCC4)cc3)cc2s1. The van der Waals surface area contributed by atoms with Gasteiger partial charge in [-0.25, -0.2) is 13.4 Å². The van der Waals surface area contributed by atoms with Crippen molar-refractivity contribution in [2.45, 2.75) is 41.0 Å². The van der Waals surface area contributed by atoms with Crippen molar-refractivity contribution in [3.8, 4) is 0 Å². The van der Waals surface area contributed by atoms with Crippen LogP contribution in [0.1, 0.15) is 36.0 Å². The highest BCUT2D eigenvalue weighted by atomic mass is 32.2. The minimum atomic E-state index is -3.55. The molecular formula is C21H23N3O3S3. The van der Waals surface area contributed by atoms with E-state index in [9.17, 15) is 13.2 Å². The van der Waals surface area contributed by atoms with E-state index in [0.29, 0.717) is 11.3 Å². The number of sulfonamides is 1. The number of hydrogen-bond acceptors (Lipinski definition) is 6. The highest BCUT2D eigenvalue weighted by Gasteiger charge is 2.30. The molecule has 0 bridgehead atoms. The summed E-state index contributed by atoms with van der Waals surface area (Å²) in [5.74, 6) is -0.281. The zero-order valence-electron chi connectivity index (χ0n) is 16.8. The topological polar surface area (TPSA) is 79.4 Å². The minimum absolute atomic E-state index is 0.0613. The van der Waals surface area contributed by atoms with Gasteiger partial charge in [-0.1, -0.05) is 24.6 Å². The third-order valence-corrected chi connectivity index (χ3v) is 9.36. The van der Waals surface area contributed by atoms with Gasteiger partial charge in [0.1, 0.15) is 0 Å². The summed E-state index contributed by atoms with van der Waals surface area (Å²) < 4.78 is 29.2. The Hall–Kier alpha value is -1.94. The van der Waals surface area contributed by atoms with Gasteiger partial charge in [-0.3, -0.25) is 4.79 Å². The molecule has 0 saturated heterocycles. The summed E-state index contributed by atoms with van der Waals surface area (Å²) in [5.41, 5.74) is 2.00. The highest BCUT2D eigenvalue weighted by Crippen LogP contribution is 2.30. The molecule has 0 radical (unpaired) electrons. The third kappa shape index (κ3) is 4.25. The van der Waals surface area contributed by atoms with Crippen LogP contribution >= 0.6 is 23.1 Å². The van der Waals surface area contributed by atoms with Gasteiger partial charge in [0.2, 0.25) is 10.0 Å². The number of nitrogens with one attached hydrogen (secondary N) is 1. The predicted octanol–water partition coefficient (Wildman–Crippen LogP) is 4.83. The van der Waals surface area contributed by atoms with E-state index in [1.807, 2.05) is 24.5 Å². The van der Waals surface area contributed by atoms with Crippen LogP contribution in [-0.2, 0) is 10.0 Å². The monoisotopic (exact) mass is 461 g/mol. The number of carbonyl (C=O) groups is 1. The highest BCUT2D eigenvalue weighted by molar-refractivity contribution is 8.00. The van der Waals surface area contributed by atoms with Gasteiger partial charge in [0.15, 0.2) is 4.34 Å². The first-order chi connectivity index (χ1) is 14.4. The van der Waals surface area contributed by atoms with Crippen LogP contribution < -0.4 is 5.32 Å². The van der Waals surface area contributed by atoms with E-state index < -0.39 is 10.0 Å². The molecule has 0 unspecified atom stereocenters. The van der Waals surface area contributed by atoms with E-state index in [-0.39, 0.29) is 16.8 Å². The molecule has 2 aromatic carbocycles. The number of amides is 1. The molecular weight excluding hydrogens is 438 g/mol. The summed E-state index contributed by atoms with van der Waals surface area (Å²) in [6, 6.07) is 11.8. The standard InChI is InChI=1S/C21H23N3O3S3/c1-24(16-5-3-4-6-16)30(26,27)17-10-7-14(8-11-17)20(25)22-15-9-12-18-19(13-15)29-21(23-18)28-2/h7-13,16H,3-6H2,1-2H3,(H,22,25). The van der Waals surface area contributed by atoms with E-state index >= 15 is 0 Å². The number of rotatable bonds is 6. The van der Waals surface area contributed by atoms with Gasteiger partial charge >= 0.3 is 0 Å². The Kier molecular flexibility index (Phi) is 6.15. The van der Waals surface area contributed by atoms with Gasteiger partial charge in [-0.05, 0) is 61.6 Å². The normalized spacial score (nSPS) is 15.2. The van der Waals surface area contributed by atoms with Crippen LogP contribution in [0.25, 0.3) is 10.2 Å². The van der Waals surface area contributed by atoms with Crippen LogP contribution in [0, 0.1) is 0 Å². The van der Waals surface area contributed by atoms with Crippen molar-refractivity contribution in [1.82, 2.24) is 9.29 Å². The maximum Gasteiger partial charge on any atom is 0.255 e. The predicted molar refractivity (Wildman–Crippen MR) is 123 cm³/mol.